The van der Waals surface area contributed by atoms with Gasteiger partial charge in [-0.05, 0) is 42.0 Å². The van der Waals surface area contributed by atoms with Crippen LogP contribution < -0.4 is 16.8 Å². The van der Waals surface area contributed by atoms with Gasteiger partial charge < -0.3 is 16.8 Å². The Hall–Kier alpha value is -3.78. The first-order valence-corrected chi connectivity index (χ1v) is 9.29. The molecule has 0 aliphatic rings. The van der Waals surface area contributed by atoms with Crippen LogP contribution >= 0.6 is 0 Å². The Bertz CT molecular complexity index is 1080. The fourth-order valence-electron chi connectivity index (χ4n) is 3.02. The zero-order valence-electron chi connectivity index (χ0n) is 16.7. The number of nitrogen functional groups attached to an aromatic ring is 1. The molecule has 0 amide bonds. The molecule has 1 heterocycles. The van der Waals surface area contributed by atoms with Gasteiger partial charge in [-0.15, -0.1) is 16.6 Å². The summed E-state index contributed by atoms with van der Waals surface area (Å²) < 4.78 is 0. The zero-order chi connectivity index (χ0) is 21.0. The van der Waals surface area contributed by atoms with E-state index in [1.807, 2.05) is 42.5 Å². The van der Waals surface area contributed by atoms with Crippen molar-refractivity contribution >= 4 is 17.2 Å². The number of nitrogens with zero attached hydrogens (tertiary/aromatic N) is 2. The Balaban J connectivity index is 1.73. The van der Waals surface area contributed by atoms with Crippen molar-refractivity contribution in [1.82, 2.24) is 10.2 Å². The van der Waals surface area contributed by atoms with E-state index in [-0.39, 0.29) is 5.41 Å². The molecule has 5 N–H and O–H groups in total. The van der Waals surface area contributed by atoms with Crippen molar-refractivity contribution in [1.29, 1.82) is 0 Å². The molecule has 0 saturated carbocycles. The van der Waals surface area contributed by atoms with E-state index in [0.717, 1.165) is 16.8 Å². The van der Waals surface area contributed by atoms with Gasteiger partial charge in [0.2, 0.25) is 0 Å². The minimum Gasteiger partial charge on any atom is -0.399 e. The van der Waals surface area contributed by atoms with Gasteiger partial charge in [-0.2, -0.15) is 0 Å². The monoisotopic (exact) mass is 383 g/mol. The molecule has 2 aromatic carbocycles. The maximum absolute atomic E-state index is 5.94. The summed E-state index contributed by atoms with van der Waals surface area (Å²) in [4.78, 5) is 0. The topological polar surface area (TPSA) is 89.8 Å². The molecule has 3 rings (SSSR count). The third-order valence-electron chi connectivity index (χ3n) is 4.88. The summed E-state index contributed by atoms with van der Waals surface area (Å²) in [5.74, 6) is 3.39. The van der Waals surface area contributed by atoms with Gasteiger partial charge in [0, 0.05) is 40.0 Å². The molecule has 0 bridgehead atoms. The predicted octanol–water partition coefficient (Wildman–Crippen LogP) is 4.03. The molecule has 0 unspecified atom stereocenters. The van der Waals surface area contributed by atoms with Crippen LogP contribution in [0.5, 0.6) is 0 Å². The summed E-state index contributed by atoms with van der Waals surface area (Å²) in [7, 11) is 0. The lowest BCUT2D eigenvalue weighted by molar-refractivity contribution is 0.555. The van der Waals surface area contributed by atoms with Crippen molar-refractivity contribution < 1.29 is 0 Å². The molecule has 5 heteroatoms. The van der Waals surface area contributed by atoms with Crippen LogP contribution in [0, 0.1) is 12.3 Å². The predicted molar refractivity (Wildman–Crippen MR) is 121 cm³/mol. The van der Waals surface area contributed by atoms with E-state index in [2.05, 4.69) is 47.9 Å². The standard InChI is InChI=1S/C24H25N5/c1-5-17-7-6-8-19(13-17)24(3,4)15-27-23-12-11-22(28-29-23)18-9-10-21(26)20(14-18)16(2)25/h1,6-14H,2,15,25-26H2,3-4H3,(H,27,29). The minimum absolute atomic E-state index is 0.124. The number of anilines is 2. The van der Waals surface area contributed by atoms with Crippen LogP contribution in [0.15, 0.2) is 61.2 Å². The van der Waals surface area contributed by atoms with E-state index < -0.39 is 0 Å². The van der Waals surface area contributed by atoms with E-state index in [4.69, 9.17) is 17.9 Å². The Kier molecular flexibility index (Phi) is 5.56. The molecule has 1 aromatic heterocycles. The van der Waals surface area contributed by atoms with Crippen molar-refractivity contribution in [2.24, 2.45) is 5.73 Å². The Morgan fingerprint density at radius 2 is 1.93 bits per heavy atom. The highest BCUT2D eigenvalue weighted by molar-refractivity contribution is 5.77. The third-order valence-corrected chi connectivity index (χ3v) is 4.88. The van der Waals surface area contributed by atoms with Gasteiger partial charge in [0.25, 0.3) is 0 Å². The summed E-state index contributed by atoms with van der Waals surface area (Å²) in [5, 5.41) is 12.0. The maximum atomic E-state index is 5.94. The van der Waals surface area contributed by atoms with Gasteiger partial charge in [-0.3, -0.25) is 0 Å². The molecule has 0 fully saturated rings. The fraction of sp³-hybridized carbons (Fsp3) is 0.167. The summed E-state index contributed by atoms with van der Waals surface area (Å²) in [6, 6.07) is 17.4. The molecule has 5 nitrogen and oxygen atoms in total. The lowest BCUT2D eigenvalue weighted by atomic mass is 9.84. The van der Waals surface area contributed by atoms with Gasteiger partial charge in [0.05, 0.1) is 5.69 Å². The first-order valence-electron chi connectivity index (χ1n) is 9.29. The molecule has 0 aliphatic carbocycles. The van der Waals surface area contributed by atoms with Gasteiger partial charge in [0.1, 0.15) is 5.82 Å². The highest BCUT2D eigenvalue weighted by atomic mass is 15.2. The molecular weight excluding hydrogens is 358 g/mol. The normalized spacial score (nSPS) is 10.9. The quantitative estimate of drug-likeness (QED) is 0.442. The van der Waals surface area contributed by atoms with Crippen LogP contribution in [0.4, 0.5) is 11.5 Å². The molecule has 146 valence electrons. The smallest absolute Gasteiger partial charge is 0.148 e. The van der Waals surface area contributed by atoms with Crippen molar-refractivity contribution in [3.63, 3.8) is 0 Å². The number of terminal acetylenes is 1. The van der Waals surface area contributed by atoms with Crippen molar-refractivity contribution in [2.75, 3.05) is 17.6 Å². The molecule has 0 aliphatic heterocycles. The van der Waals surface area contributed by atoms with Crippen LogP contribution in [0.25, 0.3) is 17.0 Å². The van der Waals surface area contributed by atoms with Crippen LogP contribution in [-0.2, 0) is 5.41 Å². The van der Waals surface area contributed by atoms with Gasteiger partial charge >= 0.3 is 0 Å². The molecule has 0 atom stereocenters. The average molecular weight is 383 g/mol. The summed E-state index contributed by atoms with van der Waals surface area (Å²) in [6.07, 6.45) is 5.52. The zero-order valence-corrected chi connectivity index (χ0v) is 16.7. The largest absolute Gasteiger partial charge is 0.399 e. The first kappa shape index (κ1) is 20.0. The number of nitrogens with one attached hydrogen (secondary N) is 1. The van der Waals surface area contributed by atoms with Crippen molar-refractivity contribution in [2.45, 2.75) is 19.3 Å². The Labute approximate surface area is 171 Å². The fourth-order valence-corrected chi connectivity index (χ4v) is 3.02. The van der Waals surface area contributed by atoms with Crippen LogP contribution in [0.3, 0.4) is 0 Å². The maximum Gasteiger partial charge on any atom is 0.148 e. The SMILES string of the molecule is C#Cc1cccc(C(C)(C)CNc2ccc(-c3ccc(N)c(C(=C)N)c3)nn2)c1. The number of nitrogens with two attached hydrogens (primary N) is 2. The van der Waals surface area contributed by atoms with Crippen molar-refractivity contribution in [3.05, 3.63) is 77.9 Å². The lowest BCUT2D eigenvalue weighted by Crippen LogP contribution is -2.28. The highest BCUT2D eigenvalue weighted by Crippen LogP contribution is 2.26. The van der Waals surface area contributed by atoms with E-state index >= 15 is 0 Å². The average Bonchev–Trinajstić information content (AvgIpc) is 2.73. The molecular formula is C24H25N5. The van der Waals surface area contributed by atoms with Crippen molar-refractivity contribution in [3.8, 4) is 23.6 Å². The Morgan fingerprint density at radius 3 is 2.59 bits per heavy atom. The van der Waals surface area contributed by atoms with E-state index in [0.29, 0.717) is 29.3 Å². The van der Waals surface area contributed by atoms with E-state index in [9.17, 15) is 0 Å². The van der Waals surface area contributed by atoms with Gasteiger partial charge in [0.15, 0.2) is 0 Å². The molecule has 0 radical (unpaired) electrons. The number of hydrogen-bond acceptors (Lipinski definition) is 5. The van der Waals surface area contributed by atoms with Crippen LogP contribution in [0.2, 0.25) is 0 Å². The number of aromatic nitrogens is 2. The second kappa shape index (κ2) is 8.07. The number of hydrogen-bond donors (Lipinski definition) is 3. The molecule has 29 heavy (non-hydrogen) atoms. The second-order valence-corrected chi connectivity index (χ2v) is 7.59. The highest BCUT2D eigenvalue weighted by Gasteiger charge is 2.21. The molecule has 0 saturated heterocycles. The second-order valence-electron chi connectivity index (χ2n) is 7.59. The first-order chi connectivity index (χ1) is 13.8. The third kappa shape index (κ3) is 4.56. The molecule has 3 aromatic rings. The number of benzene rings is 2. The summed E-state index contributed by atoms with van der Waals surface area (Å²) in [6.45, 7) is 8.77. The molecule has 0 spiro atoms. The lowest BCUT2D eigenvalue weighted by Gasteiger charge is -2.26. The Morgan fingerprint density at radius 1 is 1.14 bits per heavy atom. The van der Waals surface area contributed by atoms with Gasteiger partial charge in [-0.25, -0.2) is 0 Å². The summed E-state index contributed by atoms with van der Waals surface area (Å²) in [5.41, 5.74) is 17.0. The van der Waals surface area contributed by atoms with E-state index in [1.54, 1.807) is 6.07 Å². The van der Waals surface area contributed by atoms with Gasteiger partial charge in [-0.1, -0.05) is 44.5 Å². The minimum atomic E-state index is -0.124. The van der Waals surface area contributed by atoms with Crippen LogP contribution in [0.1, 0.15) is 30.5 Å². The van der Waals surface area contributed by atoms with Crippen LogP contribution in [-0.4, -0.2) is 16.7 Å². The number of rotatable bonds is 6. The van der Waals surface area contributed by atoms with E-state index in [1.165, 1.54) is 5.56 Å². The summed E-state index contributed by atoms with van der Waals surface area (Å²) >= 11 is 0.